The van der Waals surface area contributed by atoms with Crippen LogP contribution in [0.2, 0.25) is 0 Å². The van der Waals surface area contributed by atoms with Gasteiger partial charge in [0.05, 0.1) is 11.6 Å². The van der Waals surface area contributed by atoms with Crippen molar-refractivity contribution in [3.63, 3.8) is 0 Å². The van der Waals surface area contributed by atoms with E-state index in [4.69, 9.17) is 0 Å². The third-order valence-electron chi connectivity index (χ3n) is 5.11. The summed E-state index contributed by atoms with van der Waals surface area (Å²) in [4.78, 5) is 0. The predicted molar refractivity (Wildman–Crippen MR) is 101 cm³/mol. The van der Waals surface area contributed by atoms with Crippen molar-refractivity contribution in [1.82, 2.24) is 0 Å². The van der Waals surface area contributed by atoms with Crippen LogP contribution < -0.4 is 0 Å². The fourth-order valence-electron chi connectivity index (χ4n) is 4.00. The van der Waals surface area contributed by atoms with Crippen LogP contribution in [-0.4, -0.2) is 0 Å². The molecule has 5 rings (SSSR count). The van der Waals surface area contributed by atoms with E-state index in [0.717, 1.165) is 15.7 Å². The lowest BCUT2D eigenvalue weighted by Crippen LogP contribution is -1.91. The van der Waals surface area contributed by atoms with Crippen molar-refractivity contribution in [2.24, 2.45) is 0 Å². The Balaban J connectivity index is 2.49. The molecule has 0 bridgehead atoms. The summed E-state index contributed by atoms with van der Waals surface area (Å²) in [7, 11) is 0. The van der Waals surface area contributed by atoms with Gasteiger partial charge in [-0.25, -0.2) is 0 Å². The second-order valence-electron chi connectivity index (χ2n) is 6.48. The van der Waals surface area contributed by atoms with Crippen LogP contribution in [0.4, 0.5) is 0 Å². The highest BCUT2D eigenvalue weighted by molar-refractivity contribution is 5.37. The molecule has 0 aromatic heterocycles. The molecule has 1 aliphatic rings. The number of nitrogens with zero attached hydrogens (tertiary/aromatic N) is 1. The molecule has 0 spiro atoms. The van der Waals surface area contributed by atoms with E-state index in [1.807, 2.05) is 18.2 Å². The van der Waals surface area contributed by atoms with Crippen molar-refractivity contribution in [3.05, 3.63) is 138 Å². The summed E-state index contributed by atoms with van der Waals surface area (Å²) in [5.74, 6) is 0. The fourth-order valence-corrected chi connectivity index (χ4v) is 4.00. The van der Waals surface area contributed by atoms with Crippen molar-refractivity contribution in [3.8, 4) is 6.07 Å². The smallest absolute Gasteiger partial charge is 0.0998 e. The highest BCUT2D eigenvalue weighted by atomic mass is 14.2. The van der Waals surface area contributed by atoms with Crippen molar-refractivity contribution in [2.75, 3.05) is 0 Å². The van der Waals surface area contributed by atoms with Crippen LogP contribution in [0.15, 0.2) is 91.0 Å². The van der Waals surface area contributed by atoms with E-state index in [1.54, 1.807) is 0 Å². The Labute approximate surface area is 150 Å². The highest BCUT2D eigenvalue weighted by Crippen LogP contribution is 2.14. The van der Waals surface area contributed by atoms with E-state index in [-0.39, 0.29) is 0 Å². The minimum absolute atomic E-state index is 0.712. The van der Waals surface area contributed by atoms with Crippen LogP contribution in [0.3, 0.4) is 0 Å². The summed E-state index contributed by atoms with van der Waals surface area (Å²) in [6.45, 7) is 0. The summed E-state index contributed by atoms with van der Waals surface area (Å²) >= 11 is 0. The molecule has 0 aliphatic heterocycles. The molecular weight excluding hydrogens is 314 g/mol. The molecule has 0 saturated heterocycles. The maximum absolute atomic E-state index is 9.77. The van der Waals surface area contributed by atoms with Gasteiger partial charge in [0.2, 0.25) is 0 Å². The van der Waals surface area contributed by atoms with Gasteiger partial charge in [-0.1, -0.05) is 84.9 Å². The van der Waals surface area contributed by atoms with E-state index in [2.05, 4.69) is 78.9 Å². The Morgan fingerprint density at radius 2 is 0.808 bits per heavy atom. The average molecular weight is 329 g/mol. The van der Waals surface area contributed by atoms with Crippen LogP contribution in [0.25, 0.3) is 0 Å². The molecule has 0 radical (unpaired) electrons. The number of nitriles is 1. The van der Waals surface area contributed by atoms with Gasteiger partial charge in [0, 0.05) is 5.22 Å². The van der Waals surface area contributed by atoms with Crippen molar-refractivity contribution >= 4 is 0 Å². The van der Waals surface area contributed by atoms with E-state index in [1.165, 1.54) is 26.1 Å². The van der Waals surface area contributed by atoms with Gasteiger partial charge in [-0.3, -0.25) is 0 Å². The molecule has 4 aromatic carbocycles. The van der Waals surface area contributed by atoms with Crippen LogP contribution in [0.1, 0.15) is 5.56 Å². The standard InChI is InChI=1S/C25H15N/c26-16-17-8-7-15-24-22-12-4-3-11-20(22)18-9-1-2-10-19(18)21-13-5-6-14-23(21)25(17)24/h1-15H/b20-18-,21-19-,24-22-,25-23-. The zero-order chi connectivity index (χ0) is 17.5. The van der Waals surface area contributed by atoms with Crippen LogP contribution in [0.5, 0.6) is 0 Å². The van der Waals surface area contributed by atoms with Crippen molar-refractivity contribution in [1.29, 1.82) is 5.26 Å². The summed E-state index contributed by atoms with van der Waals surface area (Å²) in [5, 5.41) is 19.0. The second kappa shape index (κ2) is 5.72. The molecule has 1 aliphatic carbocycles. The van der Waals surface area contributed by atoms with Gasteiger partial charge < -0.3 is 0 Å². The molecule has 0 unspecified atom stereocenters. The third-order valence-corrected chi connectivity index (χ3v) is 5.11. The van der Waals surface area contributed by atoms with E-state index in [0.29, 0.717) is 5.56 Å². The average Bonchev–Trinajstić information content (AvgIpc) is 2.72. The van der Waals surface area contributed by atoms with Crippen molar-refractivity contribution < 1.29 is 0 Å². The first kappa shape index (κ1) is 14.7. The number of hydrogen-bond acceptors (Lipinski definition) is 1. The van der Waals surface area contributed by atoms with Crippen LogP contribution in [-0.2, 0) is 0 Å². The Kier molecular flexibility index (Phi) is 3.23. The van der Waals surface area contributed by atoms with Crippen LogP contribution >= 0.6 is 0 Å². The molecule has 0 amide bonds. The third kappa shape index (κ3) is 2.03. The number of benzene rings is 4. The van der Waals surface area contributed by atoms with Gasteiger partial charge in [0.1, 0.15) is 0 Å². The normalized spacial score (nSPS) is 16.6. The molecule has 0 fully saturated rings. The van der Waals surface area contributed by atoms with E-state index in [9.17, 15) is 5.26 Å². The van der Waals surface area contributed by atoms with Gasteiger partial charge in [-0.15, -0.1) is 0 Å². The largest absolute Gasteiger partial charge is 0.192 e. The molecule has 120 valence electrons. The summed E-state index contributed by atoms with van der Waals surface area (Å²) < 4.78 is 0. The van der Waals surface area contributed by atoms with Gasteiger partial charge in [-0.05, 0) is 42.6 Å². The summed E-state index contributed by atoms with van der Waals surface area (Å²) in [5.41, 5.74) is 0.712. The Hall–Kier alpha value is -3.63. The molecule has 0 atom stereocenters. The Bertz CT molecular complexity index is 1590. The van der Waals surface area contributed by atoms with Crippen LogP contribution in [0, 0.1) is 53.1 Å². The lowest BCUT2D eigenvalue weighted by molar-refractivity contribution is 1.27. The second-order valence-corrected chi connectivity index (χ2v) is 6.48. The van der Waals surface area contributed by atoms with E-state index < -0.39 is 0 Å². The fraction of sp³-hybridized carbons (Fsp3) is 0. The maximum atomic E-state index is 9.77. The first-order valence-corrected chi connectivity index (χ1v) is 8.70. The first-order valence-electron chi connectivity index (χ1n) is 8.70. The Morgan fingerprint density at radius 3 is 1.31 bits per heavy atom. The zero-order valence-corrected chi connectivity index (χ0v) is 14.1. The minimum Gasteiger partial charge on any atom is -0.192 e. The van der Waals surface area contributed by atoms with Gasteiger partial charge >= 0.3 is 0 Å². The SMILES string of the molecule is N#Cc1cccc2/c1=c1/cccc/c1=c1\cccc\c1=c1/cccc/c1=2. The molecule has 4 aromatic rings. The van der Waals surface area contributed by atoms with Gasteiger partial charge in [0.25, 0.3) is 0 Å². The highest BCUT2D eigenvalue weighted by Gasteiger charge is 2.03. The number of rotatable bonds is 0. The van der Waals surface area contributed by atoms with Gasteiger partial charge in [0.15, 0.2) is 0 Å². The molecule has 0 saturated carbocycles. The molecule has 1 heteroatoms. The monoisotopic (exact) mass is 329 g/mol. The molecular formula is C25H15N. The van der Waals surface area contributed by atoms with Gasteiger partial charge in [-0.2, -0.15) is 5.26 Å². The Morgan fingerprint density at radius 1 is 0.423 bits per heavy atom. The topological polar surface area (TPSA) is 23.8 Å². The molecule has 0 heterocycles. The van der Waals surface area contributed by atoms with E-state index >= 15 is 0 Å². The maximum Gasteiger partial charge on any atom is 0.0998 e. The molecule has 1 nitrogen and oxygen atoms in total. The lowest BCUT2D eigenvalue weighted by atomic mass is 10.00. The molecule has 0 N–H and O–H groups in total. The predicted octanol–water partition coefficient (Wildman–Crippen LogP) is 5.02. The number of fused-ring (bicyclic) bond motifs is 4. The number of hydrogen-bond donors (Lipinski definition) is 0. The summed E-state index contributed by atoms with van der Waals surface area (Å²) in [6.07, 6.45) is 0. The summed E-state index contributed by atoms with van der Waals surface area (Å²) in [6, 6.07) is 33.8. The minimum atomic E-state index is 0.712. The molecule has 26 heavy (non-hydrogen) atoms. The lowest BCUT2D eigenvalue weighted by Gasteiger charge is -2.03. The quantitative estimate of drug-likeness (QED) is 0.391. The zero-order valence-electron chi connectivity index (χ0n) is 14.1. The van der Waals surface area contributed by atoms with Crippen molar-refractivity contribution in [2.45, 2.75) is 0 Å². The first-order chi connectivity index (χ1) is 12.9.